The van der Waals surface area contributed by atoms with E-state index in [1.165, 1.54) is 11.0 Å². The lowest BCUT2D eigenvalue weighted by Gasteiger charge is -2.13. The summed E-state index contributed by atoms with van der Waals surface area (Å²) in [7, 11) is 1.55. The van der Waals surface area contributed by atoms with Crippen LogP contribution in [0.2, 0.25) is 0 Å². The highest BCUT2D eigenvalue weighted by Gasteiger charge is 2.32. The van der Waals surface area contributed by atoms with Crippen molar-refractivity contribution in [3.63, 3.8) is 0 Å². The minimum atomic E-state index is -0.515. The number of imide groups is 1. The van der Waals surface area contributed by atoms with E-state index in [9.17, 15) is 19.2 Å². The number of rotatable bonds is 6. The van der Waals surface area contributed by atoms with Crippen LogP contribution in [0.3, 0.4) is 0 Å². The van der Waals surface area contributed by atoms with Crippen molar-refractivity contribution >= 4 is 39.6 Å². The summed E-state index contributed by atoms with van der Waals surface area (Å²) >= 11 is 0. The van der Waals surface area contributed by atoms with Gasteiger partial charge in [-0.05, 0) is 23.3 Å². The van der Waals surface area contributed by atoms with Crippen LogP contribution in [0.5, 0.6) is 0 Å². The van der Waals surface area contributed by atoms with Gasteiger partial charge >= 0.3 is 17.6 Å². The lowest BCUT2D eigenvalue weighted by Crippen LogP contribution is -2.32. The van der Waals surface area contributed by atoms with Gasteiger partial charge in [0, 0.05) is 37.0 Å². The Kier molecular flexibility index (Phi) is 5.22. The quantitative estimate of drug-likeness (QED) is 0.269. The summed E-state index contributed by atoms with van der Waals surface area (Å²) in [4.78, 5) is 50.2. The number of amides is 3. The molecule has 0 atom stereocenters. The standard InChI is InChI=1S/C22H20N2O6/c1-23-12-18(25)24(22(23)28)10-4-7-19(26)29-13-15-11-20(27)30-17-9-8-14-5-2-3-6-16(14)21(15)17/h2-3,5-6,8-9,11H,4,7,10,12-13H2,1H3. The van der Waals surface area contributed by atoms with E-state index >= 15 is 0 Å². The number of benzene rings is 2. The Labute approximate surface area is 171 Å². The molecule has 0 aliphatic carbocycles. The molecule has 3 aromatic rings. The highest BCUT2D eigenvalue weighted by molar-refractivity contribution is 6.07. The van der Waals surface area contributed by atoms with Gasteiger partial charge in [-0.15, -0.1) is 0 Å². The number of ether oxygens (including phenoxy) is 1. The number of carbonyl (C=O) groups is 3. The molecule has 154 valence electrons. The zero-order valence-electron chi connectivity index (χ0n) is 16.4. The van der Waals surface area contributed by atoms with E-state index in [1.54, 1.807) is 13.1 Å². The van der Waals surface area contributed by atoms with Crippen molar-refractivity contribution in [2.75, 3.05) is 20.1 Å². The van der Waals surface area contributed by atoms with Gasteiger partial charge in [0.05, 0.1) is 0 Å². The Morgan fingerprint density at radius 2 is 1.93 bits per heavy atom. The highest BCUT2D eigenvalue weighted by Crippen LogP contribution is 2.27. The van der Waals surface area contributed by atoms with Crippen LogP contribution in [-0.2, 0) is 20.9 Å². The van der Waals surface area contributed by atoms with Crippen molar-refractivity contribution in [1.29, 1.82) is 0 Å². The normalized spacial score (nSPS) is 14.2. The van der Waals surface area contributed by atoms with Crippen LogP contribution < -0.4 is 5.63 Å². The first kappa shape index (κ1) is 19.6. The van der Waals surface area contributed by atoms with E-state index in [0.717, 1.165) is 21.1 Å². The van der Waals surface area contributed by atoms with E-state index in [-0.39, 0.29) is 38.1 Å². The number of hydrogen-bond donors (Lipinski definition) is 0. The fraction of sp³-hybridized carbons (Fsp3) is 0.273. The predicted molar refractivity (Wildman–Crippen MR) is 109 cm³/mol. The second-order valence-electron chi connectivity index (χ2n) is 7.20. The van der Waals surface area contributed by atoms with Crippen LogP contribution in [-0.4, -0.2) is 47.8 Å². The zero-order valence-corrected chi connectivity index (χ0v) is 16.4. The molecule has 3 amide bonds. The van der Waals surface area contributed by atoms with Crippen LogP contribution in [0.25, 0.3) is 21.7 Å². The Morgan fingerprint density at radius 1 is 1.13 bits per heavy atom. The van der Waals surface area contributed by atoms with Gasteiger partial charge < -0.3 is 14.1 Å². The van der Waals surface area contributed by atoms with Crippen molar-refractivity contribution in [3.8, 4) is 0 Å². The Bertz CT molecular complexity index is 1220. The summed E-state index contributed by atoms with van der Waals surface area (Å²) < 4.78 is 10.7. The minimum Gasteiger partial charge on any atom is -0.461 e. The third-order valence-electron chi connectivity index (χ3n) is 5.10. The van der Waals surface area contributed by atoms with E-state index in [1.807, 2.05) is 30.3 Å². The fourth-order valence-corrected chi connectivity index (χ4v) is 3.63. The third-order valence-corrected chi connectivity index (χ3v) is 5.10. The van der Waals surface area contributed by atoms with Crippen molar-refractivity contribution in [2.45, 2.75) is 19.4 Å². The van der Waals surface area contributed by atoms with Crippen molar-refractivity contribution in [2.24, 2.45) is 0 Å². The molecular formula is C22H20N2O6. The largest absolute Gasteiger partial charge is 0.461 e. The number of likely N-dealkylation sites (N-methyl/N-ethyl adjacent to an activating group) is 1. The molecule has 1 fully saturated rings. The van der Waals surface area contributed by atoms with Gasteiger partial charge in [-0.25, -0.2) is 9.59 Å². The molecule has 1 saturated heterocycles. The smallest absolute Gasteiger partial charge is 0.336 e. The molecule has 4 rings (SSSR count). The summed E-state index contributed by atoms with van der Waals surface area (Å²) in [6, 6.07) is 12.3. The van der Waals surface area contributed by atoms with Gasteiger partial charge in [0.2, 0.25) is 5.91 Å². The van der Waals surface area contributed by atoms with E-state index in [0.29, 0.717) is 17.6 Å². The monoisotopic (exact) mass is 408 g/mol. The lowest BCUT2D eigenvalue weighted by molar-refractivity contribution is -0.145. The molecule has 1 aliphatic rings. The second-order valence-corrected chi connectivity index (χ2v) is 7.20. The van der Waals surface area contributed by atoms with Gasteiger partial charge in [0.1, 0.15) is 18.7 Å². The highest BCUT2D eigenvalue weighted by atomic mass is 16.5. The first-order valence-corrected chi connectivity index (χ1v) is 9.59. The first-order valence-electron chi connectivity index (χ1n) is 9.59. The van der Waals surface area contributed by atoms with Crippen molar-refractivity contribution < 1.29 is 23.5 Å². The molecule has 1 aliphatic heterocycles. The van der Waals surface area contributed by atoms with Crippen LogP contribution in [0.15, 0.2) is 51.7 Å². The van der Waals surface area contributed by atoms with E-state index in [2.05, 4.69) is 0 Å². The summed E-state index contributed by atoms with van der Waals surface area (Å²) in [5.41, 5.74) is 0.486. The SMILES string of the molecule is CN1CC(=O)N(CCCC(=O)OCc2cc(=O)oc3ccc4ccccc4c23)C1=O. The number of esters is 1. The molecule has 2 heterocycles. The Hall–Kier alpha value is -3.68. The van der Waals surface area contributed by atoms with E-state index < -0.39 is 11.6 Å². The maximum absolute atomic E-state index is 12.2. The average molecular weight is 408 g/mol. The molecule has 0 saturated carbocycles. The second kappa shape index (κ2) is 7.98. The minimum absolute atomic E-state index is 0.0564. The molecule has 0 spiro atoms. The molecule has 30 heavy (non-hydrogen) atoms. The Balaban J connectivity index is 1.44. The maximum Gasteiger partial charge on any atom is 0.336 e. The lowest BCUT2D eigenvalue weighted by atomic mass is 10.0. The van der Waals surface area contributed by atoms with Crippen LogP contribution in [0, 0.1) is 0 Å². The summed E-state index contributed by atoms with van der Waals surface area (Å²) in [6.45, 7) is 0.153. The van der Waals surface area contributed by atoms with Gasteiger partial charge in [-0.3, -0.25) is 14.5 Å². The summed E-state index contributed by atoms with van der Waals surface area (Å²) in [6.07, 6.45) is 0.367. The summed E-state index contributed by atoms with van der Waals surface area (Å²) in [5.74, 6) is -0.741. The topological polar surface area (TPSA) is 97.1 Å². The van der Waals surface area contributed by atoms with Crippen molar-refractivity contribution in [1.82, 2.24) is 9.80 Å². The Morgan fingerprint density at radius 3 is 2.70 bits per heavy atom. The van der Waals surface area contributed by atoms with Gasteiger partial charge in [-0.1, -0.05) is 30.3 Å². The molecule has 8 heteroatoms. The number of fused-ring (bicyclic) bond motifs is 3. The predicted octanol–water partition coefficient (Wildman–Crippen LogP) is 2.66. The molecule has 0 N–H and O–H groups in total. The zero-order chi connectivity index (χ0) is 21.3. The van der Waals surface area contributed by atoms with Gasteiger partial charge in [0.15, 0.2) is 0 Å². The molecular weight excluding hydrogens is 388 g/mol. The molecule has 2 aromatic carbocycles. The van der Waals surface area contributed by atoms with Gasteiger partial charge in [0.25, 0.3) is 0 Å². The number of nitrogens with zero attached hydrogens (tertiary/aromatic N) is 2. The molecule has 0 bridgehead atoms. The first-order chi connectivity index (χ1) is 14.4. The number of carbonyl (C=O) groups excluding carboxylic acids is 3. The fourth-order valence-electron chi connectivity index (χ4n) is 3.63. The molecule has 8 nitrogen and oxygen atoms in total. The maximum atomic E-state index is 12.2. The van der Waals surface area contributed by atoms with E-state index in [4.69, 9.17) is 9.15 Å². The molecule has 0 unspecified atom stereocenters. The molecule has 1 aromatic heterocycles. The van der Waals surface area contributed by atoms with Crippen molar-refractivity contribution in [3.05, 3.63) is 58.4 Å². The number of hydrogen-bond acceptors (Lipinski definition) is 6. The van der Waals surface area contributed by atoms with Crippen LogP contribution in [0.1, 0.15) is 18.4 Å². The van der Waals surface area contributed by atoms with Crippen LogP contribution in [0.4, 0.5) is 4.79 Å². The third kappa shape index (κ3) is 3.76. The van der Waals surface area contributed by atoms with Crippen LogP contribution >= 0.6 is 0 Å². The average Bonchev–Trinajstić information content (AvgIpc) is 2.97. The number of urea groups is 1. The summed E-state index contributed by atoms with van der Waals surface area (Å²) in [5, 5.41) is 2.62. The van der Waals surface area contributed by atoms with Gasteiger partial charge in [-0.2, -0.15) is 0 Å². The molecule has 0 radical (unpaired) electrons.